The molecule has 0 radical (unpaired) electrons. The summed E-state index contributed by atoms with van der Waals surface area (Å²) in [5, 5.41) is 0. The largest absolute Gasteiger partial charge is 0.484 e. The number of hydrogen-bond donors (Lipinski definition) is 1. The average Bonchev–Trinajstić information content (AvgIpc) is 3.24. The summed E-state index contributed by atoms with van der Waals surface area (Å²) in [5.41, 5.74) is 3.40. The summed E-state index contributed by atoms with van der Waals surface area (Å²) < 4.78 is 32.4. The van der Waals surface area contributed by atoms with E-state index in [4.69, 9.17) is 4.74 Å². The zero-order chi connectivity index (χ0) is 22.0. The second-order valence-corrected chi connectivity index (χ2v) is 8.08. The molecule has 1 N–H and O–H groups in total. The van der Waals surface area contributed by atoms with Crippen LogP contribution in [0.3, 0.4) is 0 Å². The van der Waals surface area contributed by atoms with Crippen molar-refractivity contribution in [2.24, 2.45) is 0 Å². The molecule has 4 rings (SSSR count). The van der Waals surface area contributed by atoms with Crippen molar-refractivity contribution in [1.29, 1.82) is 0 Å². The summed E-state index contributed by atoms with van der Waals surface area (Å²) in [6.45, 7) is 5.27. The number of nitrogens with zero attached hydrogens (tertiary/aromatic N) is 2. The summed E-state index contributed by atoms with van der Waals surface area (Å²) in [7, 11) is 0. The van der Waals surface area contributed by atoms with Gasteiger partial charge in [0.2, 0.25) is 0 Å². The fourth-order valence-electron chi connectivity index (χ4n) is 4.01. The van der Waals surface area contributed by atoms with Crippen LogP contribution >= 0.6 is 0 Å². The maximum Gasteiger partial charge on any atom is 0.260 e. The van der Waals surface area contributed by atoms with E-state index in [1.807, 2.05) is 30.9 Å². The third kappa shape index (κ3) is 4.93. The second kappa shape index (κ2) is 8.88. The molecule has 1 amide bonds. The Hall–Kier alpha value is -3.22. The maximum atomic E-state index is 13.5. The highest BCUT2D eigenvalue weighted by molar-refractivity contribution is 5.77. The molecule has 0 atom stereocenters. The number of ether oxygens (including phenoxy) is 1. The van der Waals surface area contributed by atoms with E-state index in [1.54, 1.807) is 6.20 Å². The Morgan fingerprint density at radius 3 is 2.48 bits per heavy atom. The molecule has 0 saturated carbocycles. The lowest BCUT2D eigenvalue weighted by Gasteiger charge is -2.31. The van der Waals surface area contributed by atoms with Crippen LogP contribution < -0.4 is 4.74 Å². The number of aromatic amines is 1. The lowest BCUT2D eigenvalue weighted by Crippen LogP contribution is -2.40. The molecule has 31 heavy (non-hydrogen) atoms. The van der Waals surface area contributed by atoms with Crippen LogP contribution in [0.15, 0.2) is 42.6 Å². The van der Waals surface area contributed by atoms with E-state index in [-0.39, 0.29) is 18.4 Å². The molecule has 1 aliphatic heterocycles. The van der Waals surface area contributed by atoms with E-state index in [0.717, 1.165) is 41.9 Å². The number of carbonyl (C=O) groups excluding carboxylic acids is 1. The van der Waals surface area contributed by atoms with Crippen molar-refractivity contribution < 1.29 is 18.3 Å². The minimum absolute atomic E-state index is 0.0224. The second-order valence-electron chi connectivity index (χ2n) is 8.08. The number of likely N-dealkylation sites (tertiary alicyclic amines) is 1. The summed E-state index contributed by atoms with van der Waals surface area (Å²) in [6.07, 6.45) is 3.19. The molecule has 5 nitrogen and oxygen atoms in total. The molecular weight excluding hydrogens is 400 g/mol. The van der Waals surface area contributed by atoms with Gasteiger partial charge in [0, 0.05) is 24.6 Å². The molecule has 162 valence electrons. The predicted octanol–water partition coefficient (Wildman–Crippen LogP) is 4.76. The third-order valence-electron chi connectivity index (χ3n) is 5.62. The Labute approximate surface area is 180 Å². The number of rotatable bonds is 5. The van der Waals surface area contributed by atoms with Crippen molar-refractivity contribution in [3.63, 3.8) is 0 Å². The average molecular weight is 425 g/mol. The van der Waals surface area contributed by atoms with Crippen LogP contribution in [-0.2, 0) is 4.79 Å². The molecule has 0 spiro atoms. The van der Waals surface area contributed by atoms with Crippen molar-refractivity contribution in [3.05, 3.63) is 71.2 Å². The van der Waals surface area contributed by atoms with Gasteiger partial charge in [-0.1, -0.05) is 6.07 Å². The van der Waals surface area contributed by atoms with Gasteiger partial charge in [0.25, 0.3) is 5.91 Å². The standard InChI is InChI=1S/C24H25F2N3O2/c1-15-9-16(2)11-19(10-15)31-14-23(30)29-7-5-17(6-8-29)24-27-13-22(28-24)18-3-4-20(25)21(26)12-18/h3-4,9-13,17H,5-8,14H2,1-2H3,(H,27,28). The first-order valence-corrected chi connectivity index (χ1v) is 10.4. The van der Waals surface area contributed by atoms with Crippen LogP contribution in [0.2, 0.25) is 0 Å². The molecule has 1 aliphatic rings. The Kier molecular flexibility index (Phi) is 6.02. The smallest absolute Gasteiger partial charge is 0.260 e. The van der Waals surface area contributed by atoms with Gasteiger partial charge in [-0.15, -0.1) is 0 Å². The minimum atomic E-state index is -0.886. The van der Waals surface area contributed by atoms with Gasteiger partial charge in [0.15, 0.2) is 18.2 Å². The van der Waals surface area contributed by atoms with Crippen molar-refractivity contribution >= 4 is 5.91 Å². The van der Waals surface area contributed by atoms with Gasteiger partial charge in [-0.2, -0.15) is 0 Å². The fraction of sp³-hybridized carbons (Fsp3) is 0.333. The first kappa shape index (κ1) is 21.0. The van der Waals surface area contributed by atoms with Crippen molar-refractivity contribution in [3.8, 4) is 17.0 Å². The van der Waals surface area contributed by atoms with Gasteiger partial charge in [-0.05, 0) is 68.1 Å². The highest BCUT2D eigenvalue weighted by Crippen LogP contribution is 2.28. The number of aromatic nitrogens is 2. The molecule has 1 aromatic heterocycles. The van der Waals surface area contributed by atoms with E-state index in [9.17, 15) is 13.6 Å². The van der Waals surface area contributed by atoms with Crippen LogP contribution in [-0.4, -0.2) is 40.5 Å². The van der Waals surface area contributed by atoms with Crippen LogP contribution in [0.25, 0.3) is 11.3 Å². The number of amides is 1. The number of carbonyl (C=O) groups is 1. The number of piperidine rings is 1. The molecule has 1 fully saturated rings. The summed E-state index contributed by atoms with van der Waals surface area (Å²) >= 11 is 0. The van der Waals surface area contributed by atoms with E-state index < -0.39 is 11.6 Å². The highest BCUT2D eigenvalue weighted by atomic mass is 19.2. The predicted molar refractivity (Wildman–Crippen MR) is 114 cm³/mol. The van der Waals surface area contributed by atoms with Gasteiger partial charge in [0.1, 0.15) is 11.6 Å². The van der Waals surface area contributed by atoms with E-state index in [0.29, 0.717) is 30.1 Å². The molecule has 3 aromatic rings. The Balaban J connectivity index is 1.31. The van der Waals surface area contributed by atoms with E-state index in [1.165, 1.54) is 6.07 Å². The maximum absolute atomic E-state index is 13.5. The molecule has 0 unspecified atom stereocenters. The first-order chi connectivity index (χ1) is 14.9. The number of benzene rings is 2. The van der Waals surface area contributed by atoms with E-state index in [2.05, 4.69) is 16.0 Å². The van der Waals surface area contributed by atoms with Crippen LogP contribution in [0.5, 0.6) is 5.75 Å². The van der Waals surface area contributed by atoms with Crippen LogP contribution in [0.4, 0.5) is 8.78 Å². The summed E-state index contributed by atoms with van der Waals surface area (Å²) in [4.78, 5) is 22.0. The SMILES string of the molecule is Cc1cc(C)cc(OCC(=O)N2CCC(c3ncc(-c4ccc(F)c(F)c4)[nH]3)CC2)c1. The minimum Gasteiger partial charge on any atom is -0.484 e. The monoisotopic (exact) mass is 425 g/mol. The topological polar surface area (TPSA) is 58.2 Å². The van der Waals surface area contributed by atoms with Crippen molar-refractivity contribution in [2.75, 3.05) is 19.7 Å². The summed E-state index contributed by atoms with van der Waals surface area (Å²) in [5.74, 6) is -0.0899. The highest BCUT2D eigenvalue weighted by Gasteiger charge is 2.26. The van der Waals surface area contributed by atoms with Crippen LogP contribution in [0.1, 0.15) is 35.7 Å². The molecule has 0 aliphatic carbocycles. The number of imidazole rings is 1. The normalized spacial score (nSPS) is 14.6. The lowest BCUT2D eigenvalue weighted by atomic mass is 9.96. The van der Waals surface area contributed by atoms with Gasteiger partial charge >= 0.3 is 0 Å². The van der Waals surface area contributed by atoms with Gasteiger partial charge < -0.3 is 14.6 Å². The van der Waals surface area contributed by atoms with Gasteiger partial charge in [-0.3, -0.25) is 4.79 Å². The Morgan fingerprint density at radius 1 is 1.10 bits per heavy atom. The molecule has 7 heteroatoms. The Morgan fingerprint density at radius 2 is 1.81 bits per heavy atom. The van der Waals surface area contributed by atoms with Crippen molar-refractivity contribution in [2.45, 2.75) is 32.6 Å². The van der Waals surface area contributed by atoms with Crippen molar-refractivity contribution in [1.82, 2.24) is 14.9 Å². The zero-order valence-corrected chi connectivity index (χ0v) is 17.6. The molecule has 0 bridgehead atoms. The Bertz CT molecular complexity index is 1070. The summed E-state index contributed by atoms with van der Waals surface area (Å²) in [6, 6.07) is 9.69. The first-order valence-electron chi connectivity index (χ1n) is 10.4. The van der Waals surface area contributed by atoms with Gasteiger partial charge in [0.05, 0.1) is 11.9 Å². The molecule has 2 heterocycles. The number of H-pyrrole nitrogens is 1. The molecule has 1 saturated heterocycles. The fourth-order valence-corrected chi connectivity index (χ4v) is 4.01. The lowest BCUT2D eigenvalue weighted by molar-refractivity contribution is -0.134. The number of aryl methyl sites for hydroxylation is 2. The third-order valence-corrected chi connectivity index (χ3v) is 5.62. The van der Waals surface area contributed by atoms with E-state index >= 15 is 0 Å². The quantitative estimate of drug-likeness (QED) is 0.641. The number of halogens is 2. The molecule has 2 aromatic carbocycles. The number of nitrogens with one attached hydrogen (secondary N) is 1. The zero-order valence-electron chi connectivity index (χ0n) is 17.6. The van der Waals surface area contributed by atoms with Gasteiger partial charge in [-0.25, -0.2) is 13.8 Å². The molecular formula is C24H25F2N3O2. The number of hydrogen-bond acceptors (Lipinski definition) is 3. The van der Waals surface area contributed by atoms with Crippen LogP contribution in [0, 0.1) is 25.5 Å².